The van der Waals surface area contributed by atoms with Crippen molar-refractivity contribution in [1.29, 1.82) is 0 Å². The van der Waals surface area contributed by atoms with Crippen molar-refractivity contribution in [2.45, 2.75) is 119 Å². The molecule has 40 heavy (non-hydrogen) atoms. The van der Waals surface area contributed by atoms with Crippen molar-refractivity contribution in [3.63, 3.8) is 0 Å². The molecular formula is C34H52O6. The van der Waals surface area contributed by atoms with Crippen LogP contribution in [0.15, 0.2) is 11.6 Å². The zero-order valence-electron chi connectivity index (χ0n) is 26.4. The fourth-order valence-corrected chi connectivity index (χ4v) is 11.5. The van der Waals surface area contributed by atoms with Crippen molar-refractivity contribution in [2.75, 3.05) is 14.2 Å². The number of fused-ring (bicyclic) bond motifs is 7. The van der Waals surface area contributed by atoms with Gasteiger partial charge in [0.1, 0.15) is 6.10 Å². The Morgan fingerprint density at radius 1 is 0.800 bits per heavy atom. The summed E-state index contributed by atoms with van der Waals surface area (Å²) in [6, 6.07) is 0. The van der Waals surface area contributed by atoms with Gasteiger partial charge in [-0.05, 0) is 105 Å². The first kappa shape index (κ1) is 29.6. The van der Waals surface area contributed by atoms with Gasteiger partial charge in [-0.2, -0.15) is 0 Å². The van der Waals surface area contributed by atoms with Crippen LogP contribution in [0.3, 0.4) is 0 Å². The number of allylic oxidation sites excluding steroid dienone is 2. The van der Waals surface area contributed by atoms with Crippen LogP contribution in [0.4, 0.5) is 0 Å². The van der Waals surface area contributed by atoms with Crippen LogP contribution < -0.4 is 0 Å². The minimum atomic E-state index is -0.601. The molecule has 5 rings (SSSR count). The van der Waals surface area contributed by atoms with Gasteiger partial charge in [-0.1, -0.05) is 46.3 Å². The summed E-state index contributed by atoms with van der Waals surface area (Å²) in [5.74, 6) is 0.509. The fraction of sp³-hybridized carbons (Fsp3) is 0.853. The highest BCUT2D eigenvalue weighted by Gasteiger charge is 2.70. The van der Waals surface area contributed by atoms with Gasteiger partial charge in [0.15, 0.2) is 0 Å². The maximum Gasteiger partial charge on any atom is 0.312 e. The third-order valence-electron chi connectivity index (χ3n) is 13.9. The Hall–Kier alpha value is -1.85. The highest BCUT2D eigenvalue weighted by atomic mass is 16.5. The number of carbonyl (C=O) groups excluding carboxylic acids is 3. The number of methoxy groups -OCH3 is 2. The molecular weight excluding hydrogens is 504 g/mol. The largest absolute Gasteiger partial charge is 0.469 e. The maximum atomic E-state index is 13.5. The SMILES string of the molecule is COC(=O)[C@]1(C)CC[C@]2(C(=O)OC)CC[C@]3(C)C(=CC[C@@H]4[C@@]5(C)CCC(OC(C)=O)C(C)(C)[C@@H]5CC[C@]43C)[C@@H]2C1. The van der Waals surface area contributed by atoms with Gasteiger partial charge in [0, 0.05) is 12.3 Å². The predicted molar refractivity (Wildman–Crippen MR) is 153 cm³/mol. The van der Waals surface area contributed by atoms with E-state index in [9.17, 15) is 14.4 Å². The van der Waals surface area contributed by atoms with Crippen LogP contribution in [-0.4, -0.2) is 38.2 Å². The molecule has 6 nitrogen and oxygen atoms in total. The smallest absolute Gasteiger partial charge is 0.312 e. The lowest BCUT2D eigenvalue weighted by Crippen LogP contribution is -2.65. The van der Waals surface area contributed by atoms with Gasteiger partial charge >= 0.3 is 17.9 Å². The van der Waals surface area contributed by atoms with Crippen LogP contribution in [-0.2, 0) is 28.6 Å². The third-order valence-corrected chi connectivity index (χ3v) is 13.9. The van der Waals surface area contributed by atoms with Crippen LogP contribution >= 0.6 is 0 Å². The van der Waals surface area contributed by atoms with E-state index < -0.39 is 10.8 Å². The second-order valence-corrected chi connectivity index (χ2v) is 15.7. The first-order valence-electron chi connectivity index (χ1n) is 15.6. The fourth-order valence-electron chi connectivity index (χ4n) is 11.5. The molecule has 0 heterocycles. The number of rotatable bonds is 3. The molecule has 6 heteroatoms. The van der Waals surface area contributed by atoms with Crippen molar-refractivity contribution in [3.8, 4) is 0 Å². The summed E-state index contributed by atoms with van der Waals surface area (Å²) in [5.41, 5.74) is 0.308. The Balaban J connectivity index is 1.56. The second-order valence-electron chi connectivity index (χ2n) is 15.7. The Bertz CT molecular complexity index is 1120. The summed E-state index contributed by atoms with van der Waals surface area (Å²) >= 11 is 0. The van der Waals surface area contributed by atoms with Crippen molar-refractivity contribution in [1.82, 2.24) is 0 Å². The van der Waals surface area contributed by atoms with Gasteiger partial charge in [0.05, 0.1) is 25.0 Å². The van der Waals surface area contributed by atoms with E-state index in [0.29, 0.717) is 31.1 Å². The predicted octanol–water partition coefficient (Wildman–Crippen LogP) is 7.05. The monoisotopic (exact) mass is 556 g/mol. The van der Waals surface area contributed by atoms with E-state index in [1.807, 2.05) is 6.92 Å². The zero-order valence-corrected chi connectivity index (χ0v) is 26.4. The number of ether oxygens (including phenoxy) is 3. The van der Waals surface area contributed by atoms with E-state index in [-0.39, 0.29) is 51.6 Å². The van der Waals surface area contributed by atoms with E-state index in [1.54, 1.807) is 0 Å². The topological polar surface area (TPSA) is 78.9 Å². The summed E-state index contributed by atoms with van der Waals surface area (Å²) in [7, 11) is 2.99. The summed E-state index contributed by atoms with van der Waals surface area (Å²) in [6.07, 6.45) is 11.4. The average Bonchev–Trinajstić information content (AvgIpc) is 2.89. The number of hydrogen-bond donors (Lipinski definition) is 0. The lowest BCUT2D eigenvalue weighted by atomic mass is 9.33. The summed E-state index contributed by atoms with van der Waals surface area (Å²) in [6.45, 7) is 15.7. The molecule has 9 atom stereocenters. The number of carbonyl (C=O) groups is 3. The minimum Gasteiger partial charge on any atom is -0.469 e. The van der Waals surface area contributed by atoms with Crippen molar-refractivity contribution in [3.05, 3.63) is 11.6 Å². The average molecular weight is 557 g/mol. The zero-order chi connectivity index (χ0) is 29.5. The van der Waals surface area contributed by atoms with E-state index in [0.717, 1.165) is 44.9 Å². The standard InChI is InChI=1S/C34H52O6/c1-21(35)40-26-13-14-31(5)24(29(26,2)3)12-15-33(7)25(31)11-10-22-23-20-30(4,27(36)38-8)16-18-34(23,28(37)39-9)19-17-32(22,33)6/h10,23-26H,11-20H2,1-9H3/t23-,24-,25+,26?,30+,31-,32+,33+,34-/m0/s1. The molecule has 0 spiro atoms. The normalized spacial score (nSPS) is 47.3. The molecule has 0 saturated heterocycles. The second kappa shape index (κ2) is 9.33. The molecule has 4 fully saturated rings. The summed E-state index contributed by atoms with van der Waals surface area (Å²) < 4.78 is 16.6. The van der Waals surface area contributed by atoms with Crippen molar-refractivity contribution < 1.29 is 28.6 Å². The van der Waals surface area contributed by atoms with Gasteiger partial charge in [-0.15, -0.1) is 0 Å². The highest BCUT2D eigenvalue weighted by Crippen LogP contribution is 2.76. The number of esters is 3. The highest BCUT2D eigenvalue weighted by molar-refractivity contribution is 5.81. The van der Waals surface area contributed by atoms with Gasteiger partial charge < -0.3 is 14.2 Å². The van der Waals surface area contributed by atoms with E-state index in [2.05, 4.69) is 40.7 Å². The summed E-state index contributed by atoms with van der Waals surface area (Å²) in [5, 5.41) is 0. The van der Waals surface area contributed by atoms with Crippen LogP contribution in [0.1, 0.15) is 113 Å². The molecule has 0 radical (unpaired) electrons. The molecule has 0 aromatic carbocycles. The molecule has 224 valence electrons. The lowest BCUT2D eigenvalue weighted by Gasteiger charge is -2.71. The van der Waals surface area contributed by atoms with E-state index in [1.165, 1.54) is 26.7 Å². The molecule has 1 unspecified atom stereocenters. The van der Waals surface area contributed by atoms with E-state index in [4.69, 9.17) is 14.2 Å². The van der Waals surface area contributed by atoms with Gasteiger partial charge in [0.25, 0.3) is 0 Å². The molecule has 5 aliphatic rings. The molecule has 0 aromatic heterocycles. The van der Waals surface area contributed by atoms with Gasteiger partial charge in [-0.25, -0.2) is 0 Å². The molecule has 4 saturated carbocycles. The Morgan fingerprint density at radius 2 is 1.45 bits per heavy atom. The van der Waals surface area contributed by atoms with Crippen LogP contribution in [0.5, 0.6) is 0 Å². The minimum absolute atomic E-state index is 0.0176. The van der Waals surface area contributed by atoms with Crippen molar-refractivity contribution >= 4 is 17.9 Å². The number of hydrogen-bond acceptors (Lipinski definition) is 6. The molecule has 0 aliphatic heterocycles. The first-order chi connectivity index (χ1) is 18.6. The quantitative estimate of drug-likeness (QED) is 0.211. The first-order valence-corrected chi connectivity index (χ1v) is 15.6. The third kappa shape index (κ3) is 3.75. The molecule has 0 aromatic rings. The molecule has 5 aliphatic carbocycles. The van der Waals surface area contributed by atoms with Gasteiger partial charge in [-0.3, -0.25) is 14.4 Å². The lowest BCUT2D eigenvalue weighted by molar-refractivity contribution is -0.214. The maximum absolute atomic E-state index is 13.5. The molecule has 0 N–H and O–H groups in total. The Kier molecular flexibility index (Phi) is 6.91. The Labute approximate surface area is 241 Å². The Morgan fingerprint density at radius 3 is 2.08 bits per heavy atom. The van der Waals surface area contributed by atoms with Crippen LogP contribution in [0.2, 0.25) is 0 Å². The van der Waals surface area contributed by atoms with Gasteiger partial charge in [0.2, 0.25) is 0 Å². The summed E-state index contributed by atoms with van der Waals surface area (Å²) in [4.78, 5) is 38.5. The van der Waals surface area contributed by atoms with E-state index >= 15 is 0 Å². The van der Waals surface area contributed by atoms with Crippen molar-refractivity contribution in [2.24, 2.45) is 50.2 Å². The van der Waals surface area contributed by atoms with Crippen LogP contribution in [0, 0.1) is 50.2 Å². The molecule has 0 amide bonds. The molecule has 0 bridgehead atoms. The van der Waals surface area contributed by atoms with Crippen LogP contribution in [0.25, 0.3) is 0 Å².